The number of anilines is 2. The number of amides is 1. The van der Waals surface area contributed by atoms with Crippen molar-refractivity contribution in [3.63, 3.8) is 0 Å². The van der Waals surface area contributed by atoms with Gasteiger partial charge in [-0.3, -0.25) is 9.69 Å². The molecule has 4 nitrogen and oxygen atoms in total. The van der Waals surface area contributed by atoms with E-state index in [2.05, 4.69) is 33.6 Å². The Morgan fingerprint density at radius 2 is 1.72 bits per heavy atom. The lowest BCUT2D eigenvalue weighted by atomic mass is 9.95. The van der Waals surface area contributed by atoms with E-state index in [0.717, 1.165) is 37.2 Å². The predicted octanol–water partition coefficient (Wildman–Crippen LogP) is 3.86. The van der Waals surface area contributed by atoms with Crippen LogP contribution in [0.15, 0.2) is 24.3 Å². The number of hydrogen-bond donors (Lipinski definition) is 2. The van der Waals surface area contributed by atoms with Gasteiger partial charge in [-0.1, -0.05) is 31.6 Å². The molecule has 1 atom stereocenters. The maximum Gasteiger partial charge on any atom is 0.241 e. The van der Waals surface area contributed by atoms with Crippen molar-refractivity contribution in [1.82, 2.24) is 4.90 Å². The molecule has 2 N–H and O–H groups in total. The molecular formula is C21H29N3O. The van der Waals surface area contributed by atoms with E-state index in [1.807, 2.05) is 12.1 Å². The summed E-state index contributed by atoms with van der Waals surface area (Å²) >= 11 is 0. The van der Waals surface area contributed by atoms with E-state index in [-0.39, 0.29) is 11.9 Å². The summed E-state index contributed by atoms with van der Waals surface area (Å²) < 4.78 is 0. The topological polar surface area (TPSA) is 44.4 Å². The third kappa shape index (κ3) is 4.99. The molecule has 1 amide bonds. The fourth-order valence-electron chi connectivity index (χ4n) is 3.95. The first-order chi connectivity index (χ1) is 12.3. The number of benzene rings is 1. The SMILES string of the molecule is C#CCN1CCCCC1C(=O)Nc1ccc(NC2CCCCC2)cc1. The fourth-order valence-corrected chi connectivity index (χ4v) is 3.95. The zero-order chi connectivity index (χ0) is 17.5. The zero-order valence-electron chi connectivity index (χ0n) is 15.0. The molecule has 1 saturated heterocycles. The summed E-state index contributed by atoms with van der Waals surface area (Å²) in [6.07, 6.45) is 15.0. The lowest BCUT2D eigenvalue weighted by Gasteiger charge is -2.33. The maximum absolute atomic E-state index is 12.6. The largest absolute Gasteiger partial charge is 0.382 e. The lowest BCUT2D eigenvalue weighted by Crippen LogP contribution is -2.47. The number of carbonyl (C=O) groups excluding carboxylic acids is 1. The Bertz CT molecular complexity index is 599. The van der Waals surface area contributed by atoms with Crippen LogP contribution in [0.4, 0.5) is 11.4 Å². The molecule has 0 radical (unpaired) electrons. The molecule has 2 aliphatic rings. The number of nitrogens with one attached hydrogen (secondary N) is 2. The van der Waals surface area contributed by atoms with Crippen LogP contribution in [0.5, 0.6) is 0 Å². The number of carbonyl (C=O) groups is 1. The highest BCUT2D eigenvalue weighted by molar-refractivity contribution is 5.95. The first-order valence-electron chi connectivity index (χ1n) is 9.61. The van der Waals surface area contributed by atoms with Crippen LogP contribution in [0, 0.1) is 12.3 Å². The van der Waals surface area contributed by atoms with Crippen molar-refractivity contribution in [2.45, 2.75) is 63.5 Å². The van der Waals surface area contributed by atoms with Crippen LogP contribution in [0.25, 0.3) is 0 Å². The molecule has 1 heterocycles. The molecule has 3 rings (SSSR count). The number of hydrogen-bond acceptors (Lipinski definition) is 3. The van der Waals surface area contributed by atoms with Gasteiger partial charge in [0.05, 0.1) is 12.6 Å². The minimum atomic E-state index is -0.107. The Kier molecular flexibility index (Phi) is 6.36. The summed E-state index contributed by atoms with van der Waals surface area (Å²) in [4.78, 5) is 14.7. The van der Waals surface area contributed by atoms with Gasteiger partial charge in [0.25, 0.3) is 0 Å². The van der Waals surface area contributed by atoms with Crippen molar-refractivity contribution in [2.75, 3.05) is 23.7 Å². The minimum Gasteiger partial charge on any atom is -0.382 e. The van der Waals surface area contributed by atoms with Crippen molar-refractivity contribution in [3.8, 4) is 12.3 Å². The van der Waals surface area contributed by atoms with Gasteiger partial charge in [-0.05, 0) is 56.5 Å². The summed E-state index contributed by atoms with van der Waals surface area (Å²) in [5.41, 5.74) is 1.99. The maximum atomic E-state index is 12.6. The van der Waals surface area contributed by atoms with E-state index in [0.29, 0.717) is 12.6 Å². The van der Waals surface area contributed by atoms with Crippen molar-refractivity contribution >= 4 is 17.3 Å². The quantitative estimate of drug-likeness (QED) is 0.801. The summed E-state index contributed by atoms with van der Waals surface area (Å²) in [5.74, 6) is 2.73. The summed E-state index contributed by atoms with van der Waals surface area (Å²) in [6, 6.07) is 8.57. The second kappa shape index (κ2) is 8.92. The van der Waals surface area contributed by atoms with Gasteiger partial charge < -0.3 is 10.6 Å². The van der Waals surface area contributed by atoms with Crippen molar-refractivity contribution < 1.29 is 4.79 Å². The van der Waals surface area contributed by atoms with Crippen LogP contribution in [-0.4, -0.2) is 36.0 Å². The molecule has 2 fully saturated rings. The van der Waals surface area contributed by atoms with Gasteiger partial charge in [-0.15, -0.1) is 6.42 Å². The summed E-state index contributed by atoms with van der Waals surface area (Å²) in [7, 11) is 0. The Morgan fingerprint density at radius 3 is 2.44 bits per heavy atom. The molecule has 0 aromatic heterocycles. The molecule has 1 unspecified atom stereocenters. The Morgan fingerprint density at radius 1 is 1.04 bits per heavy atom. The summed E-state index contributed by atoms with van der Waals surface area (Å²) in [6.45, 7) is 1.45. The second-order valence-corrected chi connectivity index (χ2v) is 7.23. The molecule has 1 aliphatic heterocycles. The monoisotopic (exact) mass is 339 g/mol. The highest BCUT2D eigenvalue weighted by atomic mass is 16.2. The predicted molar refractivity (Wildman–Crippen MR) is 104 cm³/mol. The molecule has 0 bridgehead atoms. The smallest absolute Gasteiger partial charge is 0.241 e. The number of piperidine rings is 1. The number of nitrogens with zero attached hydrogens (tertiary/aromatic N) is 1. The Hall–Kier alpha value is -1.99. The first kappa shape index (κ1) is 17.8. The molecule has 1 aliphatic carbocycles. The van der Waals surface area contributed by atoms with Crippen LogP contribution in [0.1, 0.15) is 51.4 Å². The van der Waals surface area contributed by atoms with Gasteiger partial charge in [-0.2, -0.15) is 0 Å². The fraction of sp³-hybridized carbons (Fsp3) is 0.571. The van der Waals surface area contributed by atoms with Crippen molar-refractivity contribution in [2.24, 2.45) is 0 Å². The second-order valence-electron chi connectivity index (χ2n) is 7.23. The van der Waals surface area contributed by atoms with E-state index in [9.17, 15) is 4.79 Å². The van der Waals surface area contributed by atoms with Gasteiger partial charge in [0.2, 0.25) is 5.91 Å². The first-order valence-corrected chi connectivity index (χ1v) is 9.61. The highest BCUT2D eigenvalue weighted by Crippen LogP contribution is 2.23. The zero-order valence-corrected chi connectivity index (χ0v) is 15.0. The standard InChI is InChI=1S/C21H29N3O/c1-2-15-24-16-7-6-10-20(24)21(25)23-19-13-11-18(12-14-19)22-17-8-4-3-5-9-17/h1,11-14,17,20,22H,3-10,15-16H2,(H,23,25). The summed E-state index contributed by atoms with van der Waals surface area (Å²) in [5, 5.41) is 6.66. The van der Waals surface area contributed by atoms with E-state index >= 15 is 0 Å². The third-order valence-corrected chi connectivity index (χ3v) is 5.34. The van der Waals surface area contributed by atoms with E-state index < -0.39 is 0 Å². The third-order valence-electron chi connectivity index (χ3n) is 5.34. The van der Waals surface area contributed by atoms with Crippen LogP contribution >= 0.6 is 0 Å². The van der Waals surface area contributed by atoms with Crippen molar-refractivity contribution in [3.05, 3.63) is 24.3 Å². The number of terminal acetylenes is 1. The van der Waals surface area contributed by atoms with Crippen molar-refractivity contribution in [1.29, 1.82) is 0 Å². The van der Waals surface area contributed by atoms with E-state index in [1.165, 1.54) is 32.1 Å². The molecule has 1 aromatic rings. The van der Waals surface area contributed by atoms with Gasteiger partial charge >= 0.3 is 0 Å². The molecule has 1 saturated carbocycles. The molecule has 1 aromatic carbocycles. The normalized spacial score (nSPS) is 22.1. The highest BCUT2D eigenvalue weighted by Gasteiger charge is 2.28. The minimum absolute atomic E-state index is 0.0583. The van der Waals surface area contributed by atoms with Crippen LogP contribution < -0.4 is 10.6 Å². The number of likely N-dealkylation sites (tertiary alicyclic amines) is 1. The molecule has 134 valence electrons. The average molecular weight is 339 g/mol. The molecule has 4 heteroatoms. The van der Waals surface area contributed by atoms with Crippen LogP contribution in [0.2, 0.25) is 0 Å². The Labute approximate surface area is 151 Å². The van der Waals surface area contributed by atoms with E-state index in [4.69, 9.17) is 6.42 Å². The van der Waals surface area contributed by atoms with E-state index in [1.54, 1.807) is 0 Å². The Balaban J connectivity index is 1.55. The van der Waals surface area contributed by atoms with Crippen LogP contribution in [-0.2, 0) is 4.79 Å². The number of rotatable bonds is 5. The van der Waals surface area contributed by atoms with Gasteiger partial charge in [0.15, 0.2) is 0 Å². The van der Waals surface area contributed by atoms with Gasteiger partial charge in [-0.25, -0.2) is 0 Å². The molecule has 0 spiro atoms. The van der Waals surface area contributed by atoms with Gasteiger partial charge in [0, 0.05) is 17.4 Å². The lowest BCUT2D eigenvalue weighted by molar-refractivity contribution is -0.122. The van der Waals surface area contributed by atoms with Gasteiger partial charge in [0.1, 0.15) is 0 Å². The average Bonchev–Trinajstić information content (AvgIpc) is 2.65. The molecular weight excluding hydrogens is 310 g/mol. The molecule has 25 heavy (non-hydrogen) atoms. The van der Waals surface area contributed by atoms with Crippen LogP contribution in [0.3, 0.4) is 0 Å².